The minimum absolute atomic E-state index is 0.311. The van der Waals surface area contributed by atoms with E-state index in [1.807, 2.05) is 13.8 Å². The molecule has 1 heterocycles. The van der Waals surface area contributed by atoms with Crippen LogP contribution < -0.4 is 4.74 Å². The van der Waals surface area contributed by atoms with Crippen molar-refractivity contribution in [1.82, 2.24) is 0 Å². The van der Waals surface area contributed by atoms with Gasteiger partial charge in [-0.1, -0.05) is 13.8 Å². The van der Waals surface area contributed by atoms with Crippen molar-refractivity contribution in [3.63, 3.8) is 0 Å². The van der Waals surface area contributed by atoms with E-state index in [0.29, 0.717) is 37.6 Å². The molecular formula is C15H19F3O3. The molecule has 21 heavy (non-hydrogen) atoms. The molecule has 0 radical (unpaired) electrons. The first-order valence-electron chi connectivity index (χ1n) is 7.05. The Balaban J connectivity index is 2.47. The van der Waals surface area contributed by atoms with Gasteiger partial charge in [0, 0.05) is 6.42 Å². The molecule has 0 saturated carbocycles. The molecule has 2 rings (SSSR count). The Kier molecular flexibility index (Phi) is 4.78. The van der Waals surface area contributed by atoms with Gasteiger partial charge in [-0.3, -0.25) is 0 Å². The number of alkyl halides is 3. The van der Waals surface area contributed by atoms with Gasteiger partial charge in [-0.05, 0) is 24.6 Å². The van der Waals surface area contributed by atoms with E-state index >= 15 is 0 Å². The SMILES string of the molecule is CCCOc1ccc(C(F)(F)F)cc1C1(CC)OCCO1. The molecule has 0 amide bonds. The minimum Gasteiger partial charge on any atom is -0.493 e. The van der Waals surface area contributed by atoms with Crippen LogP contribution in [0.15, 0.2) is 18.2 Å². The molecule has 1 aliphatic rings. The van der Waals surface area contributed by atoms with Crippen LogP contribution in [0.5, 0.6) is 5.75 Å². The van der Waals surface area contributed by atoms with Gasteiger partial charge in [0.15, 0.2) is 5.79 Å². The summed E-state index contributed by atoms with van der Waals surface area (Å²) in [7, 11) is 0. The highest BCUT2D eigenvalue weighted by Crippen LogP contribution is 2.42. The van der Waals surface area contributed by atoms with Gasteiger partial charge in [-0.25, -0.2) is 0 Å². The van der Waals surface area contributed by atoms with Crippen molar-refractivity contribution in [3.8, 4) is 5.75 Å². The number of halogens is 3. The van der Waals surface area contributed by atoms with Crippen LogP contribution in [0, 0.1) is 0 Å². The first-order chi connectivity index (χ1) is 9.93. The first kappa shape index (κ1) is 16.1. The Hall–Kier alpha value is -1.27. The molecule has 0 spiro atoms. The molecule has 3 nitrogen and oxygen atoms in total. The van der Waals surface area contributed by atoms with Crippen LogP contribution in [0.1, 0.15) is 37.8 Å². The van der Waals surface area contributed by atoms with E-state index in [0.717, 1.165) is 18.6 Å². The van der Waals surface area contributed by atoms with E-state index in [9.17, 15) is 13.2 Å². The third kappa shape index (κ3) is 3.32. The molecule has 1 fully saturated rings. The molecule has 1 aliphatic heterocycles. The van der Waals surface area contributed by atoms with Crippen molar-refractivity contribution in [2.24, 2.45) is 0 Å². The molecule has 1 aromatic rings. The predicted molar refractivity (Wildman–Crippen MR) is 71.1 cm³/mol. The molecule has 0 aromatic heterocycles. The molecule has 0 aliphatic carbocycles. The lowest BCUT2D eigenvalue weighted by molar-refractivity contribution is -0.169. The summed E-state index contributed by atoms with van der Waals surface area (Å²) in [6.45, 7) is 4.89. The van der Waals surface area contributed by atoms with Crippen molar-refractivity contribution in [2.75, 3.05) is 19.8 Å². The summed E-state index contributed by atoms with van der Waals surface area (Å²) in [5.41, 5.74) is -0.418. The lowest BCUT2D eigenvalue weighted by Gasteiger charge is -2.29. The zero-order valence-electron chi connectivity index (χ0n) is 12.1. The van der Waals surface area contributed by atoms with Gasteiger partial charge in [0.1, 0.15) is 5.75 Å². The lowest BCUT2D eigenvalue weighted by atomic mass is 9.99. The molecule has 118 valence electrons. The summed E-state index contributed by atoms with van der Waals surface area (Å²) in [4.78, 5) is 0. The molecule has 6 heteroatoms. The van der Waals surface area contributed by atoms with E-state index in [-0.39, 0.29) is 0 Å². The summed E-state index contributed by atoms with van der Waals surface area (Å²) in [6.07, 6.45) is -3.23. The van der Waals surface area contributed by atoms with Gasteiger partial charge in [-0.2, -0.15) is 13.2 Å². The zero-order chi connectivity index (χ0) is 15.5. The first-order valence-corrected chi connectivity index (χ1v) is 7.05. The standard InChI is InChI=1S/C15H19F3O3/c1-3-7-19-13-6-5-11(15(16,17)18)10-12(13)14(4-2)20-8-9-21-14/h5-6,10H,3-4,7-9H2,1-2H3. The van der Waals surface area contributed by atoms with Gasteiger partial charge in [0.25, 0.3) is 0 Å². The maximum atomic E-state index is 12.9. The van der Waals surface area contributed by atoms with Gasteiger partial charge >= 0.3 is 6.18 Å². The van der Waals surface area contributed by atoms with Crippen LogP contribution >= 0.6 is 0 Å². The number of hydrogen-bond donors (Lipinski definition) is 0. The Bertz CT molecular complexity index is 480. The largest absolute Gasteiger partial charge is 0.493 e. The Morgan fingerprint density at radius 1 is 1.19 bits per heavy atom. The second kappa shape index (κ2) is 6.23. The highest BCUT2D eigenvalue weighted by atomic mass is 19.4. The van der Waals surface area contributed by atoms with Crippen molar-refractivity contribution in [3.05, 3.63) is 29.3 Å². The van der Waals surface area contributed by atoms with Gasteiger partial charge in [-0.15, -0.1) is 0 Å². The molecule has 0 unspecified atom stereocenters. The highest BCUT2D eigenvalue weighted by Gasteiger charge is 2.41. The van der Waals surface area contributed by atoms with Crippen LogP contribution in [0.3, 0.4) is 0 Å². The fraction of sp³-hybridized carbons (Fsp3) is 0.600. The fourth-order valence-electron chi connectivity index (χ4n) is 2.35. The van der Waals surface area contributed by atoms with Crippen LogP contribution in [0.2, 0.25) is 0 Å². The topological polar surface area (TPSA) is 27.7 Å². The van der Waals surface area contributed by atoms with Crippen LogP contribution in [0.25, 0.3) is 0 Å². The maximum Gasteiger partial charge on any atom is 0.416 e. The number of hydrogen-bond acceptors (Lipinski definition) is 3. The Morgan fingerprint density at radius 3 is 2.38 bits per heavy atom. The van der Waals surface area contributed by atoms with Crippen molar-refractivity contribution >= 4 is 0 Å². The summed E-state index contributed by atoms with van der Waals surface area (Å²) in [5, 5.41) is 0. The maximum absolute atomic E-state index is 12.9. The molecule has 0 bridgehead atoms. The average Bonchev–Trinajstić information content (AvgIpc) is 2.94. The highest BCUT2D eigenvalue weighted by molar-refractivity contribution is 5.41. The third-order valence-corrected chi connectivity index (χ3v) is 3.40. The Labute approximate surface area is 122 Å². The third-order valence-electron chi connectivity index (χ3n) is 3.40. The van der Waals surface area contributed by atoms with Crippen molar-refractivity contribution in [1.29, 1.82) is 0 Å². The molecule has 1 saturated heterocycles. The molecular weight excluding hydrogens is 285 g/mol. The fourth-order valence-corrected chi connectivity index (χ4v) is 2.35. The van der Waals surface area contributed by atoms with Crippen molar-refractivity contribution < 1.29 is 27.4 Å². The quantitative estimate of drug-likeness (QED) is 0.819. The molecule has 0 atom stereocenters. The normalized spacial score (nSPS) is 18.0. The Morgan fingerprint density at radius 2 is 1.86 bits per heavy atom. The summed E-state index contributed by atoms with van der Waals surface area (Å²) >= 11 is 0. The second-order valence-electron chi connectivity index (χ2n) is 4.86. The minimum atomic E-state index is -4.41. The predicted octanol–water partition coefficient (Wildman–Crippen LogP) is 4.10. The van der Waals surface area contributed by atoms with E-state index in [2.05, 4.69) is 0 Å². The smallest absolute Gasteiger partial charge is 0.416 e. The second-order valence-corrected chi connectivity index (χ2v) is 4.86. The monoisotopic (exact) mass is 304 g/mol. The summed E-state index contributed by atoms with van der Waals surface area (Å²) in [5.74, 6) is -0.766. The number of benzene rings is 1. The van der Waals surface area contributed by atoms with Gasteiger partial charge in [0.05, 0.1) is 30.9 Å². The van der Waals surface area contributed by atoms with E-state index < -0.39 is 17.5 Å². The van der Waals surface area contributed by atoms with Crippen molar-refractivity contribution in [2.45, 2.75) is 38.7 Å². The number of ether oxygens (including phenoxy) is 3. The zero-order valence-corrected chi connectivity index (χ0v) is 12.1. The van der Waals surface area contributed by atoms with E-state index in [1.165, 1.54) is 6.07 Å². The molecule has 1 aromatic carbocycles. The van der Waals surface area contributed by atoms with Crippen LogP contribution in [-0.4, -0.2) is 19.8 Å². The number of rotatable bonds is 5. The average molecular weight is 304 g/mol. The van der Waals surface area contributed by atoms with Crippen LogP contribution in [0.4, 0.5) is 13.2 Å². The van der Waals surface area contributed by atoms with Crippen LogP contribution in [-0.2, 0) is 21.4 Å². The van der Waals surface area contributed by atoms with E-state index in [4.69, 9.17) is 14.2 Å². The summed E-state index contributed by atoms with van der Waals surface area (Å²) < 4.78 is 55.6. The lowest BCUT2D eigenvalue weighted by Crippen LogP contribution is -2.27. The summed E-state index contributed by atoms with van der Waals surface area (Å²) in [6, 6.07) is 3.43. The van der Waals surface area contributed by atoms with Gasteiger partial charge in [0.2, 0.25) is 0 Å². The van der Waals surface area contributed by atoms with Gasteiger partial charge < -0.3 is 14.2 Å². The van der Waals surface area contributed by atoms with E-state index in [1.54, 1.807) is 0 Å². The molecule has 0 N–H and O–H groups in total.